The lowest BCUT2D eigenvalue weighted by Crippen LogP contribution is -2.29. The van der Waals surface area contributed by atoms with Crippen molar-refractivity contribution in [3.8, 4) is 0 Å². The minimum Gasteiger partial charge on any atom is -0.481 e. The fraction of sp³-hybridized carbons (Fsp3) is 0.333. The Bertz CT molecular complexity index is 819. The molecule has 0 saturated carbocycles. The first-order valence-electron chi connectivity index (χ1n) is 8.31. The maximum absolute atomic E-state index is 13.0. The molecular weight excluding hydrogens is 355 g/mol. The lowest BCUT2D eigenvalue weighted by Gasteiger charge is -2.21. The predicted octanol–water partition coefficient (Wildman–Crippen LogP) is 1.38. The second kappa shape index (κ2) is 9.15. The lowest BCUT2D eigenvalue weighted by molar-refractivity contribution is -0.142. The molecule has 3 unspecified atom stereocenters. The van der Waals surface area contributed by atoms with Crippen molar-refractivity contribution < 1.29 is 24.5 Å². The summed E-state index contributed by atoms with van der Waals surface area (Å²) in [6.45, 7) is 6.24. The number of nitrogens with zero attached hydrogens (tertiary/aromatic N) is 4. The standard InChI is InChI=1S/C18H21FN4O4/c1-3-23-17(20-21-22-23)11(2)4-9-14(24)10-15(25)16(18(26)27)12-5-7-13(19)8-6-12/h4-9,14-16,24-25H,2-3,10H2,1H3,(H,26,27). The smallest absolute Gasteiger partial charge is 0.313 e. The highest BCUT2D eigenvalue weighted by Gasteiger charge is 2.29. The Balaban J connectivity index is 2.04. The number of rotatable bonds is 9. The molecule has 8 nitrogen and oxygen atoms in total. The Morgan fingerprint density at radius 1 is 1.33 bits per heavy atom. The summed E-state index contributed by atoms with van der Waals surface area (Å²) >= 11 is 0. The molecule has 9 heteroatoms. The van der Waals surface area contributed by atoms with Gasteiger partial charge in [0.05, 0.1) is 12.2 Å². The number of tetrazole rings is 1. The monoisotopic (exact) mass is 376 g/mol. The van der Waals surface area contributed by atoms with Crippen molar-refractivity contribution in [1.29, 1.82) is 0 Å². The van der Waals surface area contributed by atoms with E-state index in [0.717, 1.165) is 12.1 Å². The van der Waals surface area contributed by atoms with Gasteiger partial charge >= 0.3 is 5.97 Å². The summed E-state index contributed by atoms with van der Waals surface area (Å²) in [6, 6.07) is 4.84. The van der Waals surface area contributed by atoms with E-state index in [9.17, 15) is 24.5 Å². The van der Waals surface area contributed by atoms with Crippen molar-refractivity contribution in [2.24, 2.45) is 0 Å². The van der Waals surface area contributed by atoms with Crippen molar-refractivity contribution in [2.75, 3.05) is 0 Å². The molecule has 0 aliphatic rings. The molecule has 0 saturated heterocycles. The van der Waals surface area contributed by atoms with Crippen LogP contribution in [0.4, 0.5) is 4.39 Å². The number of carboxylic acid groups (broad SMARTS) is 1. The fourth-order valence-corrected chi connectivity index (χ4v) is 2.61. The topological polar surface area (TPSA) is 121 Å². The van der Waals surface area contributed by atoms with E-state index in [1.807, 2.05) is 6.92 Å². The van der Waals surface area contributed by atoms with Crippen molar-refractivity contribution in [3.05, 3.63) is 60.2 Å². The van der Waals surface area contributed by atoms with E-state index < -0.39 is 29.9 Å². The van der Waals surface area contributed by atoms with Gasteiger partial charge in [0, 0.05) is 18.5 Å². The average Bonchev–Trinajstić information content (AvgIpc) is 3.10. The molecule has 0 fully saturated rings. The van der Waals surface area contributed by atoms with Crippen LogP contribution in [0.25, 0.3) is 5.57 Å². The molecule has 0 aliphatic heterocycles. The third-order valence-electron chi connectivity index (χ3n) is 4.00. The Labute approximate surface area is 155 Å². The van der Waals surface area contributed by atoms with Crippen LogP contribution in [-0.2, 0) is 11.3 Å². The third kappa shape index (κ3) is 5.28. The molecule has 144 valence electrons. The first kappa shape index (κ1) is 20.4. The van der Waals surface area contributed by atoms with Gasteiger partial charge in [0.1, 0.15) is 11.7 Å². The summed E-state index contributed by atoms with van der Waals surface area (Å²) in [5, 5.41) is 40.9. The zero-order chi connectivity index (χ0) is 20.0. The van der Waals surface area contributed by atoms with Crippen LogP contribution in [0.15, 0.2) is 43.0 Å². The minimum atomic E-state index is -1.37. The molecule has 0 aliphatic carbocycles. The quantitative estimate of drug-likeness (QED) is 0.565. The van der Waals surface area contributed by atoms with E-state index in [-0.39, 0.29) is 12.0 Å². The predicted molar refractivity (Wildman–Crippen MR) is 95.1 cm³/mol. The summed E-state index contributed by atoms with van der Waals surface area (Å²) in [5.41, 5.74) is 0.711. The van der Waals surface area contributed by atoms with Gasteiger partial charge in [0.15, 0.2) is 5.82 Å². The number of hydrogen-bond acceptors (Lipinski definition) is 6. The summed E-state index contributed by atoms with van der Waals surface area (Å²) in [6.07, 6.45) is 0.163. The van der Waals surface area contributed by atoms with Gasteiger partial charge in [-0.05, 0) is 35.0 Å². The van der Waals surface area contributed by atoms with Gasteiger partial charge in [-0.2, -0.15) is 0 Å². The SMILES string of the molecule is C=C(C=CC(O)CC(O)C(C(=O)O)c1ccc(F)cc1)c1nnnn1CC. The Morgan fingerprint density at radius 2 is 2.00 bits per heavy atom. The number of carbonyl (C=O) groups is 1. The first-order chi connectivity index (χ1) is 12.8. The molecule has 0 bridgehead atoms. The summed E-state index contributed by atoms with van der Waals surface area (Å²) in [4.78, 5) is 11.5. The number of carboxylic acids is 1. The van der Waals surface area contributed by atoms with Crippen LogP contribution >= 0.6 is 0 Å². The second-order valence-corrected chi connectivity index (χ2v) is 5.94. The van der Waals surface area contributed by atoms with Crippen molar-refractivity contribution in [2.45, 2.75) is 38.0 Å². The Morgan fingerprint density at radius 3 is 2.59 bits per heavy atom. The van der Waals surface area contributed by atoms with Gasteiger partial charge in [-0.1, -0.05) is 30.9 Å². The molecule has 3 atom stereocenters. The van der Waals surface area contributed by atoms with Crippen LogP contribution in [0, 0.1) is 5.82 Å². The zero-order valence-electron chi connectivity index (χ0n) is 14.7. The molecule has 0 spiro atoms. The van der Waals surface area contributed by atoms with Crippen LogP contribution in [0.5, 0.6) is 0 Å². The molecule has 3 N–H and O–H groups in total. The van der Waals surface area contributed by atoms with Crippen LogP contribution in [0.1, 0.15) is 30.7 Å². The van der Waals surface area contributed by atoms with Crippen molar-refractivity contribution in [3.63, 3.8) is 0 Å². The Kier molecular flexibility index (Phi) is 6.91. The van der Waals surface area contributed by atoms with Gasteiger partial charge in [0.25, 0.3) is 0 Å². The summed E-state index contributed by atoms with van der Waals surface area (Å²) in [5.74, 6) is -2.62. The molecule has 1 heterocycles. The fourth-order valence-electron chi connectivity index (χ4n) is 2.61. The highest BCUT2D eigenvalue weighted by atomic mass is 19.1. The molecule has 0 radical (unpaired) electrons. The lowest BCUT2D eigenvalue weighted by atomic mass is 9.90. The largest absolute Gasteiger partial charge is 0.481 e. The number of allylic oxidation sites excluding steroid dienone is 2. The van der Waals surface area contributed by atoms with E-state index in [1.165, 1.54) is 29.0 Å². The number of benzene rings is 1. The molecule has 2 rings (SSSR count). The average molecular weight is 376 g/mol. The maximum atomic E-state index is 13.0. The van der Waals surface area contributed by atoms with Gasteiger partial charge in [0.2, 0.25) is 0 Å². The third-order valence-corrected chi connectivity index (χ3v) is 4.00. The highest BCUT2D eigenvalue weighted by Crippen LogP contribution is 2.24. The molecular formula is C18H21FN4O4. The van der Waals surface area contributed by atoms with Crippen LogP contribution < -0.4 is 0 Å². The number of hydrogen-bond donors (Lipinski definition) is 3. The summed E-state index contributed by atoms with van der Waals surface area (Å²) < 4.78 is 14.6. The number of aliphatic hydroxyl groups excluding tert-OH is 2. The number of aromatic nitrogens is 4. The number of aryl methyl sites for hydroxylation is 1. The van der Waals surface area contributed by atoms with Crippen molar-refractivity contribution in [1.82, 2.24) is 20.2 Å². The second-order valence-electron chi connectivity index (χ2n) is 5.94. The van der Waals surface area contributed by atoms with Crippen LogP contribution in [0.2, 0.25) is 0 Å². The highest BCUT2D eigenvalue weighted by molar-refractivity contribution is 5.77. The number of halogens is 1. The van der Waals surface area contributed by atoms with Gasteiger partial charge in [-0.25, -0.2) is 9.07 Å². The first-order valence-corrected chi connectivity index (χ1v) is 8.31. The van der Waals surface area contributed by atoms with E-state index in [4.69, 9.17) is 0 Å². The molecule has 0 amide bonds. The number of aliphatic carboxylic acids is 1. The molecule has 27 heavy (non-hydrogen) atoms. The van der Waals surface area contributed by atoms with Gasteiger partial charge in [-0.3, -0.25) is 4.79 Å². The zero-order valence-corrected chi connectivity index (χ0v) is 14.7. The van der Waals surface area contributed by atoms with Crippen LogP contribution in [0.3, 0.4) is 0 Å². The Hall–Kier alpha value is -2.91. The summed E-state index contributed by atoms with van der Waals surface area (Å²) in [7, 11) is 0. The maximum Gasteiger partial charge on any atom is 0.313 e. The van der Waals surface area contributed by atoms with E-state index in [0.29, 0.717) is 17.9 Å². The molecule has 1 aromatic heterocycles. The normalized spacial score (nSPS) is 14.8. The number of aliphatic hydroxyl groups is 2. The molecule has 2 aromatic rings. The van der Waals surface area contributed by atoms with E-state index in [1.54, 1.807) is 0 Å². The van der Waals surface area contributed by atoms with Gasteiger partial charge < -0.3 is 15.3 Å². The molecule has 1 aromatic carbocycles. The van der Waals surface area contributed by atoms with Crippen LogP contribution in [-0.4, -0.2) is 53.7 Å². The van der Waals surface area contributed by atoms with Gasteiger partial charge in [-0.15, -0.1) is 5.10 Å². The van der Waals surface area contributed by atoms with E-state index >= 15 is 0 Å². The minimum absolute atomic E-state index is 0.225. The van der Waals surface area contributed by atoms with Crippen molar-refractivity contribution >= 4 is 11.5 Å². The van der Waals surface area contributed by atoms with E-state index in [2.05, 4.69) is 22.1 Å².